The van der Waals surface area contributed by atoms with Crippen LogP contribution in [0.25, 0.3) is 0 Å². The van der Waals surface area contributed by atoms with E-state index < -0.39 is 0 Å². The highest BCUT2D eigenvalue weighted by atomic mass is 127. The van der Waals surface area contributed by atoms with Gasteiger partial charge in [-0.15, -0.1) is 0 Å². The number of amides is 1. The Bertz CT molecular complexity index is 401. The van der Waals surface area contributed by atoms with Crippen LogP contribution in [0.5, 0.6) is 0 Å². The minimum Gasteiger partial charge on any atom is -0.346 e. The molecule has 1 aromatic carbocycles. The number of benzene rings is 1. The van der Waals surface area contributed by atoms with Gasteiger partial charge in [-0.3, -0.25) is 4.79 Å². The van der Waals surface area contributed by atoms with Gasteiger partial charge in [0.15, 0.2) is 0 Å². The molecule has 0 saturated heterocycles. The van der Waals surface area contributed by atoms with Crippen LogP contribution in [-0.4, -0.2) is 23.5 Å². The van der Waals surface area contributed by atoms with Crippen molar-refractivity contribution in [3.63, 3.8) is 0 Å². The normalized spacial score (nSPS) is 11.4. The summed E-state index contributed by atoms with van der Waals surface area (Å²) in [6.07, 6.45) is 1.01. The minimum absolute atomic E-state index is 0.0579. The number of carbonyl (C=O) groups excluding carboxylic acids is 1. The minimum atomic E-state index is 0.0579. The Morgan fingerprint density at radius 2 is 1.89 bits per heavy atom. The Hall–Kier alpha value is -0.620. The maximum Gasteiger partial charge on any atom is 0.234 e. The molecule has 106 valence electrons. The van der Waals surface area contributed by atoms with Crippen LogP contribution in [0, 0.1) is 6.92 Å². The summed E-state index contributed by atoms with van der Waals surface area (Å²) in [5.41, 5.74) is 2.75. The van der Waals surface area contributed by atoms with Crippen molar-refractivity contribution in [1.29, 1.82) is 0 Å². The zero-order chi connectivity index (χ0) is 14.3. The molecule has 1 aromatic rings. The van der Waals surface area contributed by atoms with Gasteiger partial charge in [-0.2, -0.15) is 0 Å². The summed E-state index contributed by atoms with van der Waals surface area (Å²) < 4.78 is 0.660. The molecule has 1 rings (SSSR count). The lowest BCUT2D eigenvalue weighted by Gasteiger charge is -2.25. The topological polar surface area (TPSA) is 41.1 Å². The quantitative estimate of drug-likeness (QED) is 0.334. The van der Waals surface area contributed by atoms with E-state index in [1.54, 1.807) is 0 Å². The monoisotopic (exact) mass is 374 g/mol. The van der Waals surface area contributed by atoms with Gasteiger partial charge >= 0.3 is 0 Å². The Labute approximate surface area is 129 Å². The maximum absolute atomic E-state index is 11.3. The van der Waals surface area contributed by atoms with Crippen molar-refractivity contribution in [2.24, 2.45) is 0 Å². The molecular formula is C15H23IN2O. The van der Waals surface area contributed by atoms with Crippen molar-refractivity contribution in [1.82, 2.24) is 10.6 Å². The van der Waals surface area contributed by atoms with E-state index in [4.69, 9.17) is 0 Å². The third kappa shape index (κ3) is 5.91. The number of carbonyl (C=O) groups is 1. The van der Waals surface area contributed by atoms with Crippen LogP contribution in [0.1, 0.15) is 31.4 Å². The lowest BCUT2D eigenvalue weighted by molar-refractivity contribution is -0.119. The van der Waals surface area contributed by atoms with Crippen molar-refractivity contribution in [2.75, 3.05) is 17.6 Å². The maximum atomic E-state index is 11.3. The fourth-order valence-electron chi connectivity index (χ4n) is 1.89. The second kappa shape index (κ2) is 7.85. The molecule has 0 atom stereocenters. The number of alkyl halides is 1. The number of hydrogen-bond donors (Lipinski definition) is 2. The van der Waals surface area contributed by atoms with Gasteiger partial charge in [0.05, 0.1) is 11.1 Å². The van der Waals surface area contributed by atoms with Gasteiger partial charge in [-0.25, -0.2) is 0 Å². The summed E-state index contributed by atoms with van der Waals surface area (Å²) in [6, 6.07) is 8.69. The lowest BCUT2D eigenvalue weighted by atomic mass is 9.81. The van der Waals surface area contributed by atoms with E-state index in [-0.39, 0.29) is 11.3 Å². The summed E-state index contributed by atoms with van der Waals surface area (Å²) in [4.78, 5) is 11.3. The highest BCUT2D eigenvalue weighted by Gasteiger charge is 2.19. The molecule has 0 radical (unpaired) electrons. The molecule has 0 heterocycles. The number of nitrogens with one attached hydrogen (secondary N) is 2. The van der Waals surface area contributed by atoms with Gasteiger partial charge in [0.25, 0.3) is 0 Å². The second-order valence-corrected chi connectivity index (χ2v) is 6.17. The molecule has 0 aliphatic heterocycles. The van der Waals surface area contributed by atoms with E-state index in [9.17, 15) is 4.79 Å². The van der Waals surface area contributed by atoms with Crippen molar-refractivity contribution in [2.45, 2.75) is 32.6 Å². The molecule has 0 unspecified atom stereocenters. The molecule has 2 N–H and O–H groups in total. The fraction of sp³-hybridized carbons (Fsp3) is 0.533. The lowest BCUT2D eigenvalue weighted by Crippen LogP contribution is -2.35. The number of hydrogen-bond acceptors (Lipinski definition) is 2. The molecule has 0 saturated carbocycles. The largest absolute Gasteiger partial charge is 0.346 e. The van der Waals surface area contributed by atoms with E-state index in [2.05, 4.69) is 78.3 Å². The van der Waals surface area contributed by atoms with Gasteiger partial charge in [0, 0.05) is 0 Å². The summed E-state index contributed by atoms with van der Waals surface area (Å²) in [7, 11) is 0. The first kappa shape index (κ1) is 16.4. The molecule has 0 aliphatic carbocycles. The van der Waals surface area contributed by atoms with Gasteiger partial charge in [-0.05, 0) is 30.9 Å². The number of halogens is 1. The number of aryl methyl sites for hydroxylation is 1. The third-order valence-corrected chi connectivity index (χ3v) is 3.69. The Kier molecular flexibility index (Phi) is 6.79. The molecular weight excluding hydrogens is 351 g/mol. The standard InChI is InChI=1S/C15H23IN2O/c1-12-4-6-13(7-5-12)15(2,3)8-9-17-10-14(19)18-11-16/h4-7,17H,8-11H2,1-3H3,(H,18,19). The molecule has 19 heavy (non-hydrogen) atoms. The zero-order valence-electron chi connectivity index (χ0n) is 11.9. The molecule has 0 aromatic heterocycles. The Morgan fingerprint density at radius 3 is 2.47 bits per heavy atom. The van der Waals surface area contributed by atoms with Gasteiger partial charge < -0.3 is 10.6 Å². The fourth-order valence-corrected chi connectivity index (χ4v) is 2.31. The summed E-state index contributed by atoms with van der Waals surface area (Å²) >= 11 is 2.13. The summed E-state index contributed by atoms with van der Waals surface area (Å²) in [5, 5.41) is 5.96. The van der Waals surface area contributed by atoms with Crippen molar-refractivity contribution >= 4 is 28.5 Å². The predicted molar refractivity (Wildman–Crippen MR) is 88.7 cm³/mol. The highest BCUT2D eigenvalue weighted by molar-refractivity contribution is 14.1. The van der Waals surface area contributed by atoms with Crippen LogP contribution in [0.3, 0.4) is 0 Å². The summed E-state index contributed by atoms with van der Waals surface area (Å²) in [5.74, 6) is 0.0579. The average Bonchev–Trinajstić information content (AvgIpc) is 2.36. The first-order valence-electron chi connectivity index (χ1n) is 6.56. The third-order valence-electron chi connectivity index (χ3n) is 3.31. The van der Waals surface area contributed by atoms with E-state index in [0.29, 0.717) is 11.1 Å². The van der Waals surface area contributed by atoms with E-state index >= 15 is 0 Å². The van der Waals surface area contributed by atoms with Gasteiger partial charge in [0.1, 0.15) is 0 Å². The molecule has 0 aliphatic rings. The SMILES string of the molecule is Cc1ccc(C(C)(C)CCNCC(=O)NCI)cc1. The van der Waals surface area contributed by atoms with Crippen LogP contribution in [0.4, 0.5) is 0 Å². The Balaban J connectivity index is 2.38. The van der Waals surface area contributed by atoms with Gasteiger partial charge in [-0.1, -0.05) is 66.3 Å². The van der Waals surface area contributed by atoms with Crippen LogP contribution >= 0.6 is 22.6 Å². The van der Waals surface area contributed by atoms with Crippen molar-refractivity contribution in [3.8, 4) is 0 Å². The van der Waals surface area contributed by atoms with Crippen LogP contribution in [0.2, 0.25) is 0 Å². The summed E-state index contributed by atoms with van der Waals surface area (Å²) in [6.45, 7) is 7.82. The second-order valence-electron chi connectivity index (χ2n) is 5.41. The molecule has 1 amide bonds. The van der Waals surface area contributed by atoms with E-state index in [0.717, 1.165) is 13.0 Å². The molecule has 0 fully saturated rings. The van der Waals surface area contributed by atoms with Gasteiger partial charge in [0.2, 0.25) is 5.91 Å². The van der Waals surface area contributed by atoms with Crippen LogP contribution in [-0.2, 0) is 10.2 Å². The molecule has 4 heteroatoms. The first-order valence-corrected chi connectivity index (χ1v) is 8.09. The Morgan fingerprint density at radius 1 is 1.26 bits per heavy atom. The van der Waals surface area contributed by atoms with Crippen LogP contribution in [0.15, 0.2) is 24.3 Å². The predicted octanol–water partition coefficient (Wildman–Crippen LogP) is 2.76. The molecule has 3 nitrogen and oxygen atoms in total. The zero-order valence-corrected chi connectivity index (χ0v) is 14.1. The van der Waals surface area contributed by atoms with Crippen molar-refractivity contribution in [3.05, 3.63) is 35.4 Å². The first-order chi connectivity index (χ1) is 8.95. The van der Waals surface area contributed by atoms with E-state index in [1.165, 1.54) is 11.1 Å². The average molecular weight is 374 g/mol. The van der Waals surface area contributed by atoms with Crippen molar-refractivity contribution < 1.29 is 4.79 Å². The number of rotatable bonds is 7. The highest BCUT2D eigenvalue weighted by Crippen LogP contribution is 2.26. The van der Waals surface area contributed by atoms with E-state index in [1.807, 2.05) is 0 Å². The molecule has 0 bridgehead atoms. The van der Waals surface area contributed by atoms with Crippen LogP contribution < -0.4 is 10.6 Å². The smallest absolute Gasteiger partial charge is 0.234 e. The molecule has 0 spiro atoms.